The number of hydrogen-bond acceptors (Lipinski definition) is 5. The quantitative estimate of drug-likeness (QED) is 0.520. The number of anilines is 2. The van der Waals surface area contributed by atoms with Gasteiger partial charge < -0.3 is 15.1 Å². The van der Waals surface area contributed by atoms with Crippen LogP contribution >= 0.6 is 0 Å². The Morgan fingerprint density at radius 1 is 1.06 bits per heavy atom. The molecule has 1 heterocycles. The van der Waals surface area contributed by atoms with Gasteiger partial charge in [0, 0.05) is 18.8 Å². The van der Waals surface area contributed by atoms with Crippen LogP contribution in [-0.2, 0) is 14.8 Å². The number of rotatable bonds is 5. The maximum atomic E-state index is 13.3. The molecule has 186 valence electrons. The highest BCUT2D eigenvalue weighted by atomic mass is 32.2. The highest BCUT2D eigenvalue weighted by molar-refractivity contribution is 7.92. The van der Waals surface area contributed by atoms with E-state index in [1.165, 1.54) is 24.3 Å². The third kappa shape index (κ3) is 7.33. The molecule has 0 unspecified atom stereocenters. The maximum Gasteiger partial charge on any atom is 0.490 e. The van der Waals surface area contributed by atoms with E-state index in [0.717, 1.165) is 38.1 Å². The summed E-state index contributed by atoms with van der Waals surface area (Å²) in [5.74, 6) is -3.95. The molecule has 34 heavy (non-hydrogen) atoms. The number of nitrogens with zero attached hydrogens (tertiary/aromatic N) is 1. The number of nitrogens with one attached hydrogen (secondary N) is 1. The third-order valence-electron chi connectivity index (χ3n) is 4.95. The van der Waals surface area contributed by atoms with Crippen molar-refractivity contribution in [1.82, 2.24) is 0 Å². The van der Waals surface area contributed by atoms with Crippen LogP contribution < -0.4 is 9.62 Å². The van der Waals surface area contributed by atoms with Gasteiger partial charge in [0.05, 0.1) is 16.1 Å². The second-order valence-electron chi connectivity index (χ2n) is 7.57. The summed E-state index contributed by atoms with van der Waals surface area (Å²) in [5.41, 5.74) is 0.720. The Balaban J connectivity index is 0.000000509. The van der Waals surface area contributed by atoms with Gasteiger partial charge in [0.1, 0.15) is 5.82 Å². The topological polar surface area (TPSA) is 124 Å². The summed E-state index contributed by atoms with van der Waals surface area (Å²) in [7, 11) is -4.02. The summed E-state index contributed by atoms with van der Waals surface area (Å²) in [5, 5.41) is 16.7. The molecule has 0 aromatic heterocycles. The molecule has 1 saturated heterocycles. The molecule has 2 aromatic carbocycles. The smallest absolute Gasteiger partial charge is 0.478 e. The van der Waals surface area contributed by atoms with E-state index in [4.69, 9.17) is 9.90 Å². The van der Waals surface area contributed by atoms with Crippen LogP contribution in [0, 0.1) is 11.7 Å². The Hall–Kier alpha value is -3.35. The predicted molar refractivity (Wildman–Crippen MR) is 115 cm³/mol. The first-order chi connectivity index (χ1) is 15.7. The van der Waals surface area contributed by atoms with E-state index >= 15 is 0 Å². The van der Waals surface area contributed by atoms with Crippen molar-refractivity contribution in [3.05, 3.63) is 53.8 Å². The minimum absolute atomic E-state index is 0.0315. The fraction of sp³-hybridized carbons (Fsp3) is 0.333. The molecule has 13 heteroatoms. The fourth-order valence-corrected chi connectivity index (χ4v) is 4.22. The summed E-state index contributed by atoms with van der Waals surface area (Å²) < 4.78 is 72.2. The highest BCUT2D eigenvalue weighted by Gasteiger charge is 2.38. The van der Waals surface area contributed by atoms with Gasteiger partial charge in [-0.2, -0.15) is 13.2 Å². The molecule has 2 aromatic rings. The predicted octanol–water partition coefficient (Wildman–Crippen LogP) is 4.19. The first-order valence-corrected chi connectivity index (χ1v) is 11.4. The van der Waals surface area contributed by atoms with Crippen molar-refractivity contribution in [2.45, 2.75) is 30.8 Å². The minimum Gasteiger partial charge on any atom is -0.478 e. The van der Waals surface area contributed by atoms with Crippen LogP contribution in [0.25, 0.3) is 0 Å². The Morgan fingerprint density at radius 2 is 1.65 bits per heavy atom. The van der Waals surface area contributed by atoms with E-state index in [1.807, 2.05) is 4.90 Å². The molecule has 0 bridgehead atoms. The summed E-state index contributed by atoms with van der Waals surface area (Å²) in [6.45, 7) is 3.69. The number of aliphatic carboxylic acids is 1. The van der Waals surface area contributed by atoms with Crippen LogP contribution in [0.5, 0.6) is 0 Å². The molecule has 0 aliphatic carbocycles. The van der Waals surface area contributed by atoms with Crippen molar-refractivity contribution >= 4 is 33.3 Å². The molecule has 1 fully saturated rings. The van der Waals surface area contributed by atoms with Crippen molar-refractivity contribution in [3.8, 4) is 0 Å². The Morgan fingerprint density at radius 3 is 2.15 bits per heavy atom. The molecule has 1 aliphatic rings. The average Bonchev–Trinajstić information content (AvgIpc) is 2.74. The monoisotopic (exact) mass is 506 g/mol. The van der Waals surface area contributed by atoms with Gasteiger partial charge in [-0.3, -0.25) is 4.72 Å². The SMILES string of the molecule is CC1CCN(c2ccc(NS(=O)(=O)c3cccc(F)c3)cc2C(=O)O)CC1.O=C(O)C(F)(F)F. The van der Waals surface area contributed by atoms with Crippen LogP contribution in [0.15, 0.2) is 47.4 Å². The van der Waals surface area contributed by atoms with Gasteiger partial charge >= 0.3 is 18.1 Å². The highest BCUT2D eigenvalue weighted by Crippen LogP contribution is 2.29. The molecule has 0 atom stereocenters. The number of piperidine rings is 1. The second-order valence-corrected chi connectivity index (χ2v) is 9.25. The molecule has 0 radical (unpaired) electrons. The van der Waals surface area contributed by atoms with Crippen molar-refractivity contribution in [2.75, 3.05) is 22.7 Å². The molecule has 1 aliphatic heterocycles. The Labute approximate surface area is 192 Å². The summed E-state index contributed by atoms with van der Waals surface area (Å²) >= 11 is 0. The van der Waals surface area contributed by atoms with Gasteiger partial charge in [0.15, 0.2) is 0 Å². The largest absolute Gasteiger partial charge is 0.490 e. The van der Waals surface area contributed by atoms with Crippen molar-refractivity contribution in [3.63, 3.8) is 0 Å². The number of aromatic carboxylic acids is 1. The molecular formula is C21H22F4N2O6S. The minimum atomic E-state index is -5.08. The maximum absolute atomic E-state index is 13.3. The number of carbonyl (C=O) groups is 2. The number of hydrogen-bond donors (Lipinski definition) is 3. The van der Waals surface area contributed by atoms with E-state index in [1.54, 1.807) is 6.07 Å². The Bertz CT molecular complexity index is 1150. The van der Waals surface area contributed by atoms with Gasteiger partial charge in [-0.25, -0.2) is 22.4 Å². The van der Waals surface area contributed by atoms with Crippen LogP contribution in [0.1, 0.15) is 30.1 Å². The van der Waals surface area contributed by atoms with Gasteiger partial charge in [-0.15, -0.1) is 0 Å². The van der Waals surface area contributed by atoms with E-state index in [0.29, 0.717) is 11.6 Å². The lowest BCUT2D eigenvalue weighted by Gasteiger charge is -2.33. The van der Waals surface area contributed by atoms with E-state index in [9.17, 15) is 35.9 Å². The molecule has 3 N–H and O–H groups in total. The van der Waals surface area contributed by atoms with Crippen LogP contribution in [0.4, 0.5) is 28.9 Å². The van der Waals surface area contributed by atoms with Crippen LogP contribution in [0.3, 0.4) is 0 Å². The zero-order valence-corrected chi connectivity index (χ0v) is 18.7. The molecule has 3 rings (SSSR count). The number of carboxylic acids is 2. The standard InChI is InChI=1S/C19H21FN2O4S.C2HF3O2/c1-13-7-9-22(10-8-13)18-6-5-15(12-17(18)19(23)24)21-27(25,26)16-4-2-3-14(20)11-16;3-2(4,5)1(6)7/h2-6,11-13,21H,7-10H2,1H3,(H,23,24);(H,6,7). The molecule has 0 spiro atoms. The fourth-order valence-electron chi connectivity index (χ4n) is 3.14. The molecule has 0 saturated carbocycles. The summed E-state index contributed by atoms with van der Waals surface area (Å²) in [6.07, 6.45) is -3.12. The second kappa shape index (κ2) is 10.7. The normalized spacial score (nSPS) is 14.7. The molecule has 8 nitrogen and oxygen atoms in total. The van der Waals surface area contributed by atoms with Gasteiger partial charge in [0.2, 0.25) is 0 Å². The van der Waals surface area contributed by atoms with Crippen molar-refractivity contribution < 1.29 is 45.8 Å². The first kappa shape index (κ1) is 26.9. The zero-order chi connectivity index (χ0) is 25.7. The van der Waals surface area contributed by atoms with E-state index < -0.39 is 34.0 Å². The molecular weight excluding hydrogens is 484 g/mol. The van der Waals surface area contributed by atoms with Gasteiger partial charge in [-0.05, 0) is 55.2 Å². The van der Waals surface area contributed by atoms with Crippen LogP contribution in [0.2, 0.25) is 0 Å². The zero-order valence-electron chi connectivity index (χ0n) is 17.8. The summed E-state index contributed by atoms with van der Waals surface area (Å²) in [6, 6.07) is 9.06. The summed E-state index contributed by atoms with van der Waals surface area (Å²) in [4.78, 5) is 22.4. The van der Waals surface area contributed by atoms with Crippen molar-refractivity contribution in [1.29, 1.82) is 0 Å². The number of sulfonamides is 1. The van der Waals surface area contributed by atoms with Gasteiger partial charge in [0.25, 0.3) is 10.0 Å². The van der Waals surface area contributed by atoms with E-state index in [2.05, 4.69) is 11.6 Å². The number of benzene rings is 2. The average molecular weight is 506 g/mol. The third-order valence-corrected chi connectivity index (χ3v) is 6.33. The number of halogens is 4. The van der Waals surface area contributed by atoms with Crippen LogP contribution in [-0.4, -0.2) is 49.8 Å². The lowest BCUT2D eigenvalue weighted by atomic mass is 9.98. The number of carboxylic acid groups (broad SMARTS) is 2. The molecule has 0 amide bonds. The van der Waals surface area contributed by atoms with Crippen molar-refractivity contribution in [2.24, 2.45) is 5.92 Å². The van der Waals surface area contributed by atoms with Gasteiger partial charge in [-0.1, -0.05) is 13.0 Å². The first-order valence-electron chi connectivity index (χ1n) is 9.91. The van der Waals surface area contributed by atoms with E-state index in [-0.39, 0.29) is 16.1 Å². The lowest BCUT2D eigenvalue weighted by molar-refractivity contribution is -0.192. The Kier molecular flexibility index (Phi) is 8.48. The lowest BCUT2D eigenvalue weighted by Crippen LogP contribution is -2.33. The number of alkyl halides is 3.